The van der Waals surface area contributed by atoms with E-state index in [0.717, 1.165) is 41.6 Å². The first-order valence-electron chi connectivity index (χ1n) is 7.71. The Labute approximate surface area is 131 Å². The van der Waals surface area contributed by atoms with Crippen LogP contribution in [0.25, 0.3) is 11.1 Å². The van der Waals surface area contributed by atoms with Crippen LogP contribution in [0.2, 0.25) is 0 Å². The van der Waals surface area contributed by atoms with Crippen molar-refractivity contribution in [2.75, 3.05) is 20.6 Å². The molecular formula is C19H22N2O. The Kier molecular flexibility index (Phi) is 3.75. The van der Waals surface area contributed by atoms with Gasteiger partial charge in [-0.2, -0.15) is 0 Å². The number of primary amides is 1. The van der Waals surface area contributed by atoms with Gasteiger partial charge in [-0.3, -0.25) is 4.79 Å². The fraction of sp³-hybridized carbons (Fsp3) is 0.316. The summed E-state index contributed by atoms with van der Waals surface area (Å²) in [4.78, 5) is 14.7. The average molecular weight is 294 g/mol. The highest BCUT2D eigenvalue weighted by Crippen LogP contribution is 2.50. The topological polar surface area (TPSA) is 46.3 Å². The third-order valence-electron chi connectivity index (χ3n) is 4.64. The zero-order chi connectivity index (χ0) is 15.7. The smallest absolute Gasteiger partial charge is 0.232 e. The van der Waals surface area contributed by atoms with E-state index in [1.165, 1.54) is 0 Å². The minimum absolute atomic E-state index is 0.247. The van der Waals surface area contributed by atoms with E-state index in [1.54, 1.807) is 0 Å². The maximum absolute atomic E-state index is 12.5. The lowest BCUT2D eigenvalue weighted by molar-refractivity contribution is -0.122. The monoisotopic (exact) mass is 294 g/mol. The van der Waals surface area contributed by atoms with Crippen LogP contribution in [0.15, 0.2) is 48.5 Å². The maximum Gasteiger partial charge on any atom is 0.232 e. The summed E-state index contributed by atoms with van der Waals surface area (Å²) < 4.78 is 0. The summed E-state index contributed by atoms with van der Waals surface area (Å²) in [7, 11) is 4.10. The number of hydrogen-bond acceptors (Lipinski definition) is 2. The summed E-state index contributed by atoms with van der Waals surface area (Å²) in [5, 5.41) is 0. The molecule has 0 unspecified atom stereocenters. The van der Waals surface area contributed by atoms with Gasteiger partial charge in [-0.15, -0.1) is 0 Å². The second-order valence-corrected chi connectivity index (χ2v) is 6.27. The number of carbonyl (C=O) groups excluding carboxylic acids is 1. The number of rotatable bonds is 5. The normalized spacial score (nSPS) is 14.7. The lowest BCUT2D eigenvalue weighted by Gasteiger charge is -2.29. The summed E-state index contributed by atoms with van der Waals surface area (Å²) in [6, 6.07) is 16.3. The summed E-state index contributed by atoms with van der Waals surface area (Å²) in [5.74, 6) is -0.247. The molecule has 0 heterocycles. The second-order valence-electron chi connectivity index (χ2n) is 6.27. The average Bonchev–Trinajstić information content (AvgIpc) is 2.79. The molecule has 0 saturated heterocycles. The first-order chi connectivity index (χ1) is 10.6. The molecule has 0 aromatic heterocycles. The molecule has 0 spiro atoms. The summed E-state index contributed by atoms with van der Waals surface area (Å²) >= 11 is 0. The predicted octanol–water partition coefficient (Wildman–Crippen LogP) is 2.78. The predicted molar refractivity (Wildman–Crippen MR) is 89.6 cm³/mol. The van der Waals surface area contributed by atoms with E-state index >= 15 is 0 Å². The minimum atomic E-state index is -0.691. The molecule has 22 heavy (non-hydrogen) atoms. The summed E-state index contributed by atoms with van der Waals surface area (Å²) in [5.41, 5.74) is 9.63. The van der Waals surface area contributed by atoms with Crippen LogP contribution in [-0.4, -0.2) is 31.4 Å². The molecule has 1 aliphatic rings. The molecule has 3 heteroatoms. The second kappa shape index (κ2) is 5.58. The van der Waals surface area contributed by atoms with Crippen LogP contribution in [0.1, 0.15) is 24.0 Å². The van der Waals surface area contributed by atoms with Crippen LogP contribution >= 0.6 is 0 Å². The van der Waals surface area contributed by atoms with Gasteiger partial charge < -0.3 is 10.6 Å². The third-order valence-corrected chi connectivity index (χ3v) is 4.64. The van der Waals surface area contributed by atoms with Gasteiger partial charge in [0.25, 0.3) is 0 Å². The van der Waals surface area contributed by atoms with Crippen molar-refractivity contribution in [1.82, 2.24) is 4.90 Å². The minimum Gasteiger partial charge on any atom is -0.369 e. The van der Waals surface area contributed by atoms with Gasteiger partial charge >= 0.3 is 0 Å². The van der Waals surface area contributed by atoms with Crippen molar-refractivity contribution in [2.24, 2.45) is 5.73 Å². The number of hydrogen-bond donors (Lipinski definition) is 1. The Morgan fingerprint density at radius 2 is 1.50 bits per heavy atom. The van der Waals surface area contributed by atoms with Crippen LogP contribution < -0.4 is 5.73 Å². The van der Waals surface area contributed by atoms with E-state index in [2.05, 4.69) is 29.2 Å². The Hall–Kier alpha value is -2.13. The molecule has 0 bridgehead atoms. The largest absolute Gasteiger partial charge is 0.369 e. The number of nitrogens with two attached hydrogens (primary N) is 1. The van der Waals surface area contributed by atoms with Crippen LogP contribution in [0.5, 0.6) is 0 Å². The zero-order valence-electron chi connectivity index (χ0n) is 13.2. The van der Waals surface area contributed by atoms with E-state index in [-0.39, 0.29) is 5.91 Å². The van der Waals surface area contributed by atoms with Crippen LogP contribution in [0.3, 0.4) is 0 Å². The Bertz CT molecular complexity index is 661. The standard InChI is InChI=1S/C19H22N2O/c1-21(2)13-7-12-19(18(20)22)16-10-5-3-8-14(16)15-9-4-6-11-17(15)19/h3-6,8-11H,7,12-13H2,1-2H3,(H2,20,22). The molecule has 0 atom stereocenters. The highest BCUT2D eigenvalue weighted by Gasteiger charge is 2.47. The number of benzene rings is 2. The highest BCUT2D eigenvalue weighted by molar-refractivity contribution is 5.99. The van der Waals surface area contributed by atoms with Crippen molar-refractivity contribution in [1.29, 1.82) is 0 Å². The van der Waals surface area contributed by atoms with Gasteiger partial charge in [0.2, 0.25) is 5.91 Å². The van der Waals surface area contributed by atoms with E-state index in [1.807, 2.05) is 38.4 Å². The number of nitrogens with zero attached hydrogens (tertiary/aromatic N) is 1. The van der Waals surface area contributed by atoms with Crippen molar-refractivity contribution in [3.05, 3.63) is 59.7 Å². The van der Waals surface area contributed by atoms with Crippen molar-refractivity contribution in [2.45, 2.75) is 18.3 Å². The van der Waals surface area contributed by atoms with Gasteiger partial charge in [0.15, 0.2) is 0 Å². The molecule has 1 amide bonds. The lowest BCUT2D eigenvalue weighted by Crippen LogP contribution is -2.41. The van der Waals surface area contributed by atoms with Crippen molar-refractivity contribution < 1.29 is 4.79 Å². The first kappa shape index (κ1) is 14.8. The molecule has 3 rings (SSSR count). The van der Waals surface area contributed by atoms with Crippen LogP contribution in [0, 0.1) is 0 Å². The number of carbonyl (C=O) groups is 1. The van der Waals surface area contributed by atoms with Crippen LogP contribution in [0.4, 0.5) is 0 Å². The molecular weight excluding hydrogens is 272 g/mol. The van der Waals surface area contributed by atoms with E-state index in [9.17, 15) is 4.79 Å². The van der Waals surface area contributed by atoms with Crippen LogP contribution in [-0.2, 0) is 10.2 Å². The van der Waals surface area contributed by atoms with Gasteiger partial charge in [-0.05, 0) is 55.7 Å². The van der Waals surface area contributed by atoms with Gasteiger partial charge in [0.05, 0.1) is 5.41 Å². The van der Waals surface area contributed by atoms with E-state index < -0.39 is 5.41 Å². The van der Waals surface area contributed by atoms with Crippen molar-refractivity contribution >= 4 is 5.91 Å². The Balaban J connectivity index is 2.14. The highest BCUT2D eigenvalue weighted by atomic mass is 16.1. The molecule has 2 aromatic carbocycles. The zero-order valence-corrected chi connectivity index (χ0v) is 13.2. The van der Waals surface area contributed by atoms with E-state index in [4.69, 9.17) is 5.73 Å². The molecule has 1 aliphatic carbocycles. The number of fused-ring (bicyclic) bond motifs is 3. The van der Waals surface area contributed by atoms with Crippen molar-refractivity contribution in [3.63, 3.8) is 0 Å². The lowest BCUT2D eigenvalue weighted by atomic mass is 9.74. The molecule has 114 valence electrons. The fourth-order valence-corrected chi connectivity index (χ4v) is 3.64. The van der Waals surface area contributed by atoms with Gasteiger partial charge in [-0.25, -0.2) is 0 Å². The molecule has 2 aromatic rings. The summed E-state index contributed by atoms with van der Waals surface area (Å²) in [6.45, 7) is 0.944. The molecule has 2 N–H and O–H groups in total. The molecule has 0 saturated carbocycles. The molecule has 0 aliphatic heterocycles. The Morgan fingerprint density at radius 3 is 1.95 bits per heavy atom. The summed E-state index contributed by atoms with van der Waals surface area (Å²) in [6.07, 6.45) is 1.67. The fourth-order valence-electron chi connectivity index (χ4n) is 3.64. The quantitative estimate of drug-likeness (QED) is 0.921. The van der Waals surface area contributed by atoms with Gasteiger partial charge in [-0.1, -0.05) is 48.5 Å². The third kappa shape index (κ3) is 2.13. The maximum atomic E-state index is 12.5. The number of amides is 1. The SMILES string of the molecule is CN(C)CCCC1(C(N)=O)c2ccccc2-c2ccccc21. The van der Waals surface area contributed by atoms with Gasteiger partial charge in [0, 0.05) is 0 Å². The van der Waals surface area contributed by atoms with Crippen molar-refractivity contribution in [3.8, 4) is 11.1 Å². The first-order valence-corrected chi connectivity index (χ1v) is 7.71. The molecule has 0 radical (unpaired) electrons. The van der Waals surface area contributed by atoms with Gasteiger partial charge in [0.1, 0.15) is 0 Å². The Morgan fingerprint density at radius 1 is 1.00 bits per heavy atom. The molecule has 0 fully saturated rings. The molecule has 3 nitrogen and oxygen atoms in total. The van der Waals surface area contributed by atoms with E-state index in [0.29, 0.717) is 0 Å².